The fraction of sp³-hybridized carbons (Fsp3) is 0.300. The first-order chi connectivity index (χ1) is 7.80. The molecule has 0 heterocycles. The molecule has 94 valence electrons. The lowest BCUT2D eigenvalue weighted by Gasteiger charge is -2.08. The van der Waals surface area contributed by atoms with E-state index in [0.717, 1.165) is 0 Å². The zero-order chi connectivity index (χ0) is 13.1. The molecule has 0 aliphatic carbocycles. The van der Waals surface area contributed by atoms with Gasteiger partial charge in [-0.3, -0.25) is 4.79 Å². The van der Waals surface area contributed by atoms with Crippen molar-refractivity contribution in [1.29, 1.82) is 0 Å². The van der Waals surface area contributed by atoms with Gasteiger partial charge >= 0.3 is 5.51 Å². The van der Waals surface area contributed by atoms with Crippen molar-refractivity contribution in [2.75, 3.05) is 5.88 Å². The molecule has 1 nitrogen and oxygen atoms in total. The number of carbonyl (C=O) groups is 1. The molecule has 0 amide bonds. The molecule has 1 aromatic carbocycles. The van der Waals surface area contributed by atoms with Crippen molar-refractivity contribution in [2.45, 2.75) is 16.8 Å². The molecule has 0 saturated carbocycles. The van der Waals surface area contributed by atoms with Crippen molar-refractivity contribution in [1.82, 2.24) is 0 Å². The molecular formula is C10H7Cl2F3OS. The minimum Gasteiger partial charge on any atom is -0.298 e. The highest BCUT2D eigenvalue weighted by Crippen LogP contribution is 2.38. The van der Waals surface area contributed by atoms with Crippen LogP contribution in [0, 0.1) is 0 Å². The molecule has 0 N–H and O–H groups in total. The largest absolute Gasteiger partial charge is 0.446 e. The van der Waals surface area contributed by atoms with E-state index in [4.69, 9.17) is 23.2 Å². The Balaban J connectivity index is 2.90. The molecule has 0 saturated heterocycles. The van der Waals surface area contributed by atoms with E-state index in [1.165, 1.54) is 18.2 Å². The maximum Gasteiger partial charge on any atom is 0.446 e. The Labute approximate surface area is 110 Å². The number of hydrogen-bond acceptors (Lipinski definition) is 2. The molecule has 1 rings (SSSR count). The SMILES string of the molecule is O=C(CCl)Cc1cc(Cl)cc(SC(F)(F)F)c1. The summed E-state index contributed by atoms with van der Waals surface area (Å²) >= 11 is 10.7. The predicted molar refractivity (Wildman–Crippen MR) is 62.8 cm³/mol. The Kier molecular flexibility index (Phi) is 5.16. The van der Waals surface area contributed by atoms with Gasteiger partial charge in [-0.2, -0.15) is 13.2 Å². The molecule has 0 aliphatic heterocycles. The summed E-state index contributed by atoms with van der Waals surface area (Å²) in [6.07, 6.45) is -0.0184. The zero-order valence-electron chi connectivity index (χ0n) is 8.35. The molecule has 0 atom stereocenters. The van der Waals surface area contributed by atoms with E-state index in [0.29, 0.717) is 5.56 Å². The molecule has 0 spiro atoms. The highest BCUT2D eigenvalue weighted by atomic mass is 35.5. The Morgan fingerprint density at radius 3 is 2.47 bits per heavy atom. The summed E-state index contributed by atoms with van der Waals surface area (Å²) in [5.74, 6) is -0.439. The molecule has 0 unspecified atom stereocenters. The molecule has 0 radical (unpaired) electrons. The summed E-state index contributed by atoms with van der Waals surface area (Å²) in [5, 5.41) is 0.164. The quantitative estimate of drug-likeness (QED) is 0.609. The Hall–Kier alpha value is -0.390. The van der Waals surface area contributed by atoms with E-state index in [1.807, 2.05) is 0 Å². The second-order valence-corrected chi connectivity index (χ2v) is 5.03. The lowest BCUT2D eigenvalue weighted by Crippen LogP contribution is -2.04. The van der Waals surface area contributed by atoms with Gasteiger partial charge in [0.15, 0.2) is 5.78 Å². The first-order valence-corrected chi connectivity index (χ1v) is 6.16. The van der Waals surface area contributed by atoms with E-state index in [2.05, 4.69) is 0 Å². The van der Waals surface area contributed by atoms with Crippen LogP contribution >= 0.6 is 35.0 Å². The van der Waals surface area contributed by atoms with Gasteiger partial charge in [-0.15, -0.1) is 11.6 Å². The van der Waals surface area contributed by atoms with Crippen LogP contribution in [0.3, 0.4) is 0 Å². The zero-order valence-corrected chi connectivity index (χ0v) is 10.7. The average molecular weight is 303 g/mol. The van der Waals surface area contributed by atoms with Crippen LogP contribution in [0.15, 0.2) is 23.1 Å². The van der Waals surface area contributed by atoms with Gasteiger partial charge in [0.1, 0.15) is 0 Å². The van der Waals surface area contributed by atoms with Crippen LogP contribution in [0.25, 0.3) is 0 Å². The van der Waals surface area contributed by atoms with Crippen molar-refractivity contribution in [3.05, 3.63) is 28.8 Å². The van der Waals surface area contributed by atoms with Crippen molar-refractivity contribution < 1.29 is 18.0 Å². The highest BCUT2D eigenvalue weighted by molar-refractivity contribution is 8.00. The van der Waals surface area contributed by atoms with Gasteiger partial charge < -0.3 is 0 Å². The van der Waals surface area contributed by atoms with Gasteiger partial charge in [0.25, 0.3) is 0 Å². The first-order valence-electron chi connectivity index (χ1n) is 4.43. The van der Waals surface area contributed by atoms with Crippen molar-refractivity contribution in [3.63, 3.8) is 0 Å². The monoisotopic (exact) mass is 302 g/mol. The standard InChI is InChI=1S/C10H7Cl2F3OS/c11-5-8(16)2-6-1-7(12)4-9(3-6)17-10(13,14)15/h1,3-4H,2,5H2. The van der Waals surface area contributed by atoms with E-state index in [1.54, 1.807) is 0 Å². The van der Waals surface area contributed by atoms with Crippen molar-refractivity contribution in [2.24, 2.45) is 0 Å². The molecule has 0 bridgehead atoms. The maximum atomic E-state index is 12.2. The second kappa shape index (κ2) is 5.98. The Bertz CT molecular complexity index is 421. The van der Waals surface area contributed by atoms with E-state index >= 15 is 0 Å². The van der Waals surface area contributed by atoms with Gasteiger partial charge in [-0.05, 0) is 35.5 Å². The maximum absolute atomic E-state index is 12.2. The second-order valence-electron chi connectivity index (χ2n) is 3.19. The fourth-order valence-corrected chi connectivity index (χ4v) is 2.27. The number of carbonyl (C=O) groups excluding carboxylic acids is 1. The van der Waals surface area contributed by atoms with E-state index < -0.39 is 5.51 Å². The number of rotatable bonds is 4. The van der Waals surface area contributed by atoms with Crippen LogP contribution in [0.5, 0.6) is 0 Å². The smallest absolute Gasteiger partial charge is 0.298 e. The Morgan fingerprint density at radius 2 is 1.94 bits per heavy atom. The molecule has 7 heteroatoms. The van der Waals surface area contributed by atoms with Crippen LogP contribution in [0.2, 0.25) is 5.02 Å². The number of halogens is 5. The van der Waals surface area contributed by atoms with Crippen LogP contribution in [0.1, 0.15) is 5.56 Å². The van der Waals surface area contributed by atoms with Gasteiger partial charge in [0.05, 0.1) is 5.88 Å². The number of thioether (sulfide) groups is 1. The number of ketones is 1. The van der Waals surface area contributed by atoms with Crippen LogP contribution in [-0.2, 0) is 11.2 Å². The van der Waals surface area contributed by atoms with Gasteiger partial charge in [0, 0.05) is 16.3 Å². The van der Waals surface area contributed by atoms with Crippen molar-refractivity contribution in [3.8, 4) is 0 Å². The summed E-state index contributed by atoms with van der Waals surface area (Å²) < 4.78 is 36.5. The third-order valence-electron chi connectivity index (χ3n) is 1.72. The Morgan fingerprint density at radius 1 is 1.29 bits per heavy atom. The molecule has 0 aromatic heterocycles. The summed E-state index contributed by atoms with van der Waals surface area (Å²) in [7, 11) is 0. The molecule has 17 heavy (non-hydrogen) atoms. The fourth-order valence-electron chi connectivity index (χ4n) is 1.19. The number of alkyl halides is 4. The lowest BCUT2D eigenvalue weighted by atomic mass is 10.1. The van der Waals surface area contributed by atoms with Crippen molar-refractivity contribution >= 4 is 40.7 Å². The van der Waals surface area contributed by atoms with E-state index in [9.17, 15) is 18.0 Å². The predicted octanol–water partition coefficient (Wildman–Crippen LogP) is 4.30. The highest BCUT2D eigenvalue weighted by Gasteiger charge is 2.29. The lowest BCUT2D eigenvalue weighted by molar-refractivity contribution is -0.116. The minimum atomic E-state index is -4.38. The number of Topliss-reactive ketones (excluding diaryl/α,β-unsaturated/α-hetero) is 1. The summed E-state index contributed by atoms with van der Waals surface area (Å²) in [5.41, 5.74) is -3.95. The third kappa shape index (κ3) is 5.66. The number of hydrogen-bond donors (Lipinski definition) is 0. The third-order valence-corrected chi connectivity index (χ3v) is 2.93. The topological polar surface area (TPSA) is 17.1 Å². The first kappa shape index (κ1) is 14.7. The molecule has 1 aromatic rings. The summed E-state index contributed by atoms with van der Waals surface area (Å²) in [4.78, 5) is 11.0. The van der Waals surface area contributed by atoms with Crippen LogP contribution in [0.4, 0.5) is 13.2 Å². The van der Waals surface area contributed by atoms with Gasteiger partial charge in [-0.1, -0.05) is 11.6 Å². The normalized spacial score (nSPS) is 11.6. The average Bonchev–Trinajstić information content (AvgIpc) is 2.13. The summed E-state index contributed by atoms with van der Waals surface area (Å²) in [6.45, 7) is 0. The number of benzene rings is 1. The van der Waals surface area contributed by atoms with Crippen LogP contribution < -0.4 is 0 Å². The molecular weight excluding hydrogens is 296 g/mol. The van der Waals surface area contributed by atoms with E-state index in [-0.39, 0.29) is 39.8 Å². The molecule has 0 aliphatic rings. The minimum absolute atomic E-state index is 0.0184. The van der Waals surface area contributed by atoms with Gasteiger partial charge in [-0.25, -0.2) is 0 Å². The van der Waals surface area contributed by atoms with Gasteiger partial charge in [0.2, 0.25) is 0 Å². The summed E-state index contributed by atoms with van der Waals surface area (Å²) in [6, 6.07) is 3.94. The van der Waals surface area contributed by atoms with Crippen LogP contribution in [-0.4, -0.2) is 17.2 Å². The molecule has 0 fully saturated rings.